The molecule has 3 saturated carbocycles. The van der Waals surface area contributed by atoms with Gasteiger partial charge in [-0.2, -0.15) is 0 Å². The Morgan fingerprint density at radius 2 is 1.55 bits per heavy atom. The summed E-state index contributed by atoms with van der Waals surface area (Å²) in [4.78, 5) is 0. The van der Waals surface area contributed by atoms with Gasteiger partial charge in [0.25, 0.3) is 0 Å². The summed E-state index contributed by atoms with van der Waals surface area (Å²) in [6, 6.07) is 9.48. The second-order valence-electron chi connectivity index (χ2n) is 11.0. The van der Waals surface area contributed by atoms with E-state index in [0.717, 1.165) is 42.1 Å². The van der Waals surface area contributed by atoms with Gasteiger partial charge in [0.1, 0.15) is 0 Å². The van der Waals surface area contributed by atoms with Gasteiger partial charge in [-0.1, -0.05) is 70.2 Å². The van der Waals surface area contributed by atoms with Crippen LogP contribution in [-0.2, 0) is 6.42 Å². The maximum Gasteiger partial charge on any atom is -0.000823 e. The van der Waals surface area contributed by atoms with Crippen LogP contribution in [0.2, 0.25) is 0 Å². The van der Waals surface area contributed by atoms with Crippen LogP contribution in [-0.4, -0.2) is 13.1 Å². The molecule has 3 atom stereocenters. The van der Waals surface area contributed by atoms with Gasteiger partial charge < -0.3 is 5.32 Å². The molecule has 162 valence electrons. The van der Waals surface area contributed by atoms with E-state index in [1.54, 1.807) is 5.56 Å². The maximum absolute atomic E-state index is 3.84. The summed E-state index contributed by atoms with van der Waals surface area (Å²) in [5.74, 6) is 5.72. The lowest BCUT2D eigenvalue weighted by Crippen LogP contribution is -2.33. The smallest absolute Gasteiger partial charge is 0.000823 e. The minimum Gasteiger partial charge on any atom is -0.316 e. The molecule has 4 rings (SSSR count). The second-order valence-corrected chi connectivity index (χ2v) is 11.0. The van der Waals surface area contributed by atoms with Crippen molar-refractivity contribution in [1.29, 1.82) is 0 Å². The molecule has 1 aromatic carbocycles. The topological polar surface area (TPSA) is 12.0 Å². The molecule has 0 spiro atoms. The highest BCUT2D eigenvalue weighted by Crippen LogP contribution is 2.41. The van der Waals surface area contributed by atoms with E-state index in [2.05, 4.69) is 43.4 Å². The third-order valence-corrected chi connectivity index (χ3v) is 8.63. The summed E-state index contributed by atoms with van der Waals surface area (Å²) in [6.07, 6.45) is 17.3. The Kier molecular flexibility index (Phi) is 7.73. The largest absolute Gasteiger partial charge is 0.316 e. The minimum absolute atomic E-state index is 0.879. The Morgan fingerprint density at radius 1 is 0.862 bits per heavy atom. The average Bonchev–Trinajstić information content (AvgIpc) is 3.59. The third-order valence-electron chi connectivity index (χ3n) is 8.63. The Morgan fingerprint density at radius 3 is 2.24 bits per heavy atom. The summed E-state index contributed by atoms with van der Waals surface area (Å²) in [5, 5.41) is 3.84. The van der Waals surface area contributed by atoms with Crippen molar-refractivity contribution >= 4 is 0 Å². The van der Waals surface area contributed by atoms with Gasteiger partial charge in [-0.3, -0.25) is 0 Å². The van der Waals surface area contributed by atoms with Gasteiger partial charge in [0.2, 0.25) is 0 Å². The molecule has 1 aromatic rings. The summed E-state index contributed by atoms with van der Waals surface area (Å²) >= 11 is 0. The standard InChI is InChI=1S/C28H45N/c1-21-7-11-24(12-8-21)22(2)19-27-5-3-4-6-28(27)20-29-18-17-23-9-13-25(14-10-23)26-15-16-26/h9-10,13-14,21-22,24,26-29H,3-8,11-12,15-20H2,1-2H3. The fraction of sp³-hybridized carbons (Fsp3) is 0.786. The van der Waals surface area contributed by atoms with Crippen molar-refractivity contribution in [2.75, 3.05) is 13.1 Å². The lowest BCUT2D eigenvalue weighted by molar-refractivity contribution is 0.146. The second kappa shape index (κ2) is 10.5. The van der Waals surface area contributed by atoms with E-state index in [1.165, 1.54) is 89.2 Å². The zero-order chi connectivity index (χ0) is 20.1. The molecule has 1 nitrogen and oxygen atoms in total. The van der Waals surface area contributed by atoms with Gasteiger partial charge in [-0.05, 0) is 105 Å². The normalized spacial score (nSPS) is 31.5. The molecule has 0 aliphatic heterocycles. The highest BCUT2D eigenvalue weighted by atomic mass is 14.9. The van der Waals surface area contributed by atoms with E-state index in [1.807, 2.05) is 0 Å². The van der Waals surface area contributed by atoms with Crippen LogP contribution in [0.15, 0.2) is 24.3 Å². The molecule has 3 aliphatic rings. The van der Waals surface area contributed by atoms with Crippen molar-refractivity contribution in [3.63, 3.8) is 0 Å². The van der Waals surface area contributed by atoms with Gasteiger partial charge in [0.15, 0.2) is 0 Å². The molecule has 0 aromatic heterocycles. The van der Waals surface area contributed by atoms with Gasteiger partial charge in [0.05, 0.1) is 0 Å². The lowest BCUT2D eigenvalue weighted by atomic mass is 9.69. The first kappa shape index (κ1) is 21.4. The first-order valence-electron chi connectivity index (χ1n) is 13.0. The Bertz CT molecular complexity index is 593. The van der Waals surface area contributed by atoms with E-state index in [0.29, 0.717) is 0 Å². The predicted octanol–water partition coefficient (Wildman–Crippen LogP) is 7.36. The molecular formula is C28H45N. The third kappa shape index (κ3) is 6.33. The van der Waals surface area contributed by atoms with E-state index >= 15 is 0 Å². The molecule has 3 unspecified atom stereocenters. The zero-order valence-corrected chi connectivity index (χ0v) is 19.2. The Labute approximate surface area is 180 Å². The van der Waals surface area contributed by atoms with Gasteiger partial charge in [-0.15, -0.1) is 0 Å². The van der Waals surface area contributed by atoms with E-state index < -0.39 is 0 Å². The van der Waals surface area contributed by atoms with Crippen LogP contribution >= 0.6 is 0 Å². The average molecular weight is 396 g/mol. The van der Waals surface area contributed by atoms with Crippen molar-refractivity contribution in [3.8, 4) is 0 Å². The number of rotatable bonds is 9. The van der Waals surface area contributed by atoms with Crippen LogP contribution in [0, 0.1) is 29.6 Å². The fourth-order valence-electron chi connectivity index (χ4n) is 6.28. The van der Waals surface area contributed by atoms with Crippen LogP contribution in [0.5, 0.6) is 0 Å². The summed E-state index contributed by atoms with van der Waals surface area (Å²) in [7, 11) is 0. The highest BCUT2D eigenvalue weighted by Gasteiger charge is 2.30. The van der Waals surface area contributed by atoms with E-state index in [9.17, 15) is 0 Å². The Hall–Kier alpha value is -0.820. The van der Waals surface area contributed by atoms with Crippen LogP contribution < -0.4 is 5.32 Å². The quantitative estimate of drug-likeness (QED) is 0.431. The van der Waals surface area contributed by atoms with Crippen LogP contribution in [0.1, 0.15) is 102 Å². The number of benzene rings is 1. The first-order valence-corrected chi connectivity index (χ1v) is 13.0. The SMILES string of the molecule is CC1CCC(C(C)CC2CCCCC2CNCCc2ccc(C3CC3)cc2)CC1. The summed E-state index contributed by atoms with van der Waals surface area (Å²) in [5.41, 5.74) is 3.07. The van der Waals surface area contributed by atoms with Crippen LogP contribution in [0.3, 0.4) is 0 Å². The number of hydrogen-bond acceptors (Lipinski definition) is 1. The zero-order valence-electron chi connectivity index (χ0n) is 19.2. The van der Waals surface area contributed by atoms with Crippen molar-refractivity contribution in [1.82, 2.24) is 5.32 Å². The van der Waals surface area contributed by atoms with Gasteiger partial charge in [0, 0.05) is 0 Å². The van der Waals surface area contributed by atoms with E-state index in [4.69, 9.17) is 0 Å². The summed E-state index contributed by atoms with van der Waals surface area (Å²) in [6.45, 7) is 7.41. The number of hydrogen-bond donors (Lipinski definition) is 1. The molecule has 1 N–H and O–H groups in total. The van der Waals surface area contributed by atoms with Crippen LogP contribution in [0.4, 0.5) is 0 Å². The molecule has 29 heavy (non-hydrogen) atoms. The first-order chi connectivity index (χ1) is 14.2. The number of nitrogens with one attached hydrogen (secondary N) is 1. The monoisotopic (exact) mass is 395 g/mol. The van der Waals surface area contributed by atoms with Crippen molar-refractivity contribution in [2.24, 2.45) is 29.6 Å². The van der Waals surface area contributed by atoms with Crippen molar-refractivity contribution in [2.45, 2.75) is 96.8 Å². The minimum atomic E-state index is 0.879. The molecule has 0 saturated heterocycles. The van der Waals surface area contributed by atoms with Gasteiger partial charge >= 0.3 is 0 Å². The predicted molar refractivity (Wildman–Crippen MR) is 125 cm³/mol. The maximum atomic E-state index is 3.84. The van der Waals surface area contributed by atoms with Crippen molar-refractivity contribution < 1.29 is 0 Å². The molecule has 0 amide bonds. The Balaban J connectivity index is 1.18. The molecule has 3 aliphatic carbocycles. The van der Waals surface area contributed by atoms with E-state index in [-0.39, 0.29) is 0 Å². The molecule has 0 heterocycles. The molecule has 1 heteroatoms. The fourth-order valence-corrected chi connectivity index (χ4v) is 6.28. The molecular weight excluding hydrogens is 350 g/mol. The molecule has 0 radical (unpaired) electrons. The molecule has 3 fully saturated rings. The molecule has 0 bridgehead atoms. The van der Waals surface area contributed by atoms with Gasteiger partial charge in [-0.25, -0.2) is 0 Å². The van der Waals surface area contributed by atoms with Crippen LogP contribution in [0.25, 0.3) is 0 Å². The lowest BCUT2D eigenvalue weighted by Gasteiger charge is -2.37. The summed E-state index contributed by atoms with van der Waals surface area (Å²) < 4.78 is 0. The van der Waals surface area contributed by atoms with Crippen molar-refractivity contribution in [3.05, 3.63) is 35.4 Å². The highest BCUT2D eigenvalue weighted by molar-refractivity contribution is 5.28.